The van der Waals surface area contributed by atoms with Crippen LogP contribution in [-0.2, 0) is 16.1 Å². The molecule has 7 nitrogen and oxygen atoms in total. The summed E-state index contributed by atoms with van der Waals surface area (Å²) in [5, 5.41) is 15.6. The Morgan fingerprint density at radius 3 is 2.44 bits per heavy atom. The third-order valence-corrected chi connectivity index (χ3v) is 4.95. The molecule has 0 heterocycles. The second-order valence-corrected chi connectivity index (χ2v) is 6.97. The fourth-order valence-electron chi connectivity index (χ4n) is 3.39. The molecule has 1 saturated carbocycles. The standard InChI is InChI=1S/C20H30N5O2/c21-19(22)24-14-8-7-13-23-17(26)20(11-5-2-6-12-20)18(27)25-15-16-9-3-1-4-10-16/h1,3-4,9-10,13H,2,5-8,11-12,14-15H2,(H,23,26)(H,25,27)(H4,21,22,24). The molecule has 27 heavy (non-hydrogen) atoms. The number of rotatable bonds is 9. The lowest BCUT2D eigenvalue weighted by atomic mass is 9.72. The minimum atomic E-state index is -0.985. The first kappa shape index (κ1) is 20.7. The molecule has 0 saturated heterocycles. The number of benzene rings is 1. The van der Waals surface area contributed by atoms with Crippen molar-refractivity contribution in [2.45, 2.75) is 51.5 Å². The van der Waals surface area contributed by atoms with E-state index in [1.807, 2.05) is 30.3 Å². The summed E-state index contributed by atoms with van der Waals surface area (Å²) in [5.41, 5.74) is 5.25. The molecule has 0 atom stereocenters. The summed E-state index contributed by atoms with van der Waals surface area (Å²) in [6.45, 7) is 2.70. The summed E-state index contributed by atoms with van der Waals surface area (Å²) in [6, 6.07) is 9.71. The van der Waals surface area contributed by atoms with Crippen molar-refractivity contribution < 1.29 is 9.59 Å². The van der Waals surface area contributed by atoms with Gasteiger partial charge >= 0.3 is 0 Å². The van der Waals surface area contributed by atoms with Crippen molar-refractivity contribution in [1.29, 1.82) is 5.41 Å². The lowest BCUT2D eigenvalue weighted by Crippen LogP contribution is -2.51. The predicted octanol–water partition coefficient (Wildman–Crippen LogP) is 1.79. The van der Waals surface area contributed by atoms with Gasteiger partial charge in [-0.05, 0) is 31.2 Å². The minimum Gasteiger partial charge on any atom is -0.370 e. The molecule has 2 rings (SSSR count). The van der Waals surface area contributed by atoms with Crippen LogP contribution in [0.3, 0.4) is 0 Å². The number of nitrogens with one attached hydrogen (secondary N) is 4. The van der Waals surface area contributed by atoms with E-state index in [2.05, 4.69) is 16.0 Å². The Balaban J connectivity index is 1.87. The van der Waals surface area contributed by atoms with Crippen molar-refractivity contribution in [1.82, 2.24) is 16.0 Å². The zero-order chi connectivity index (χ0) is 19.5. The number of hydrogen-bond donors (Lipinski definition) is 5. The van der Waals surface area contributed by atoms with Gasteiger partial charge in [0.2, 0.25) is 11.8 Å². The quantitative estimate of drug-likeness (QED) is 0.196. The van der Waals surface area contributed by atoms with Crippen LogP contribution in [-0.4, -0.2) is 24.3 Å². The minimum absolute atomic E-state index is 0.0599. The van der Waals surface area contributed by atoms with Gasteiger partial charge in [-0.2, -0.15) is 0 Å². The summed E-state index contributed by atoms with van der Waals surface area (Å²) in [7, 11) is 0. The third-order valence-electron chi connectivity index (χ3n) is 4.95. The number of nitrogens with two attached hydrogens (primary N) is 1. The third kappa shape index (κ3) is 6.27. The van der Waals surface area contributed by atoms with Gasteiger partial charge in [-0.25, -0.2) is 0 Å². The Hall–Kier alpha value is -2.57. The first-order chi connectivity index (χ1) is 13.0. The van der Waals surface area contributed by atoms with Crippen LogP contribution in [0, 0.1) is 17.4 Å². The molecule has 1 radical (unpaired) electrons. The Bertz CT molecular complexity index is 627. The topological polar surface area (TPSA) is 120 Å². The Kier molecular flexibility index (Phi) is 8.10. The molecular weight excluding hydrogens is 342 g/mol. The maximum atomic E-state index is 12.9. The molecule has 6 N–H and O–H groups in total. The van der Waals surface area contributed by atoms with Gasteiger partial charge in [0.25, 0.3) is 0 Å². The van der Waals surface area contributed by atoms with Crippen molar-refractivity contribution in [3.63, 3.8) is 0 Å². The Labute approximate surface area is 161 Å². The van der Waals surface area contributed by atoms with Gasteiger partial charge in [-0.1, -0.05) is 49.6 Å². The highest BCUT2D eigenvalue weighted by Gasteiger charge is 2.46. The van der Waals surface area contributed by atoms with E-state index in [1.54, 1.807) is 6.54 Å². The predicted molar refractivity (Wildman–Crippen MR) is 105 cm³/mol. The average Bonchev–Trinajstić information content (AvgIpc) is 2.69. The van der Waals surface area contributed by atoms with E-state index in [0.717, 1.165) is 31.2 Å². The van der Waals surface area contributed by atoms with Gasteiger partial charge in [0.05, 0.1) is 0 Å². The molecule has 0 bridgehead atoms. The monoisotopic (exact) mass is 372 g/mol. The van der Waals surface area contributed by atoms with E-state index in [1.165, 1.54) is 0 Å². The molecule has 0 aliphatic heterocycles. The van der Waals surface area contributed by atoms with Crippen LogP contribution in [0.25, 0.3) is 0 Å². The highest BCUT2D eigenvalue weighted by Crippen LogP contribution is 2.37. The molecule has 2 amide bonds. The van der Waals surface area contributed by atoms with Crippen LogP contribution in [0.5, 0.6) is 0 Å². The van der Waals surface area contributed by atoms with Crippen molar-refractivity contribution in [2.24, 2.45) is 11.1 Å². The number of hydrogen-bond acceptors (Lipinski definition) is 3. The summed E-state index contributed by atoms with van der Waals surface area (Å²) in [4.78, 5) is 25.8. The maximum Gasteiger partial charge on any atom is 0.235 e. The molecular formula is C20H30N5O2. The first-order valence-electron chi connectivity index (χ1n) is 9.57. The van der Waals surface area contributed by atoms with Crippen LogP contribution in [0.2, 0.25) is 0 Å². The van der Waals surface area contributed by atoms with Gasteiger partial charge in [-0.3, -0.25) is 15.0 Å². The zero-order valence-electron chi connectivity index (χ0n) is 15.7. The smallest absolute Gasteiger partial charge is 0.235 e. The molecule has 0 aromatic heterocycles. The first-order valence-corrected chi connectivity index (χ1v) is 9.57. The van der Waals surface area contributed by atoms with E-state index in [0.29, 0.717) is 32.4 Å². The van der Waals surface area contributed by atoms with Gasteiger partial charge in [0, 0.05) is 19.6 Å². The zero-order valence-corrected chi connectivity index (χ0v) is 15.7. The molecule has 1 aliphatic carbocycles. The summed E-state index contributed by atoms with van der Waals surface area (Å²) in [5.74, 6) is -0.460. The van der Waals surface area contributed by atoms with E-state index in [-0.39, 0.29) is 17.8 Å². The molecule has 0 spiro atoms. The number of carbonyl (C=O) groups is 2. The molecule has 7 heteroatoms. The fraction of sp³-hybridized carbons (Fsp3) is 0.500. The van der Waals surface area contributed by atoms with E-state index >= 15 is 0 Å². The second-order valence-electron chi connectivity index (χ2n) is 6.97. The van der Waals surface area contributed by atoms with Crippen LogP contribution in [0.1, 0.15) is 50.5 Å². The van der Waals surface area contributed by atoms with E-state index in [4.69, 9.17) is 11.1 Å². The summed E-state index contributed by atoms with van der Waals surface area (Å²) in [6.07, 6.45) is 5.38. The van der Waals surface area contributed by atoms with Crippen molar-refractivity contribution in [2.75, 3.05) is 6.54 Å². The molecule has 1 aromatic carbocycles. The Morgan fingerprint density at radius 2 is 1.78 bits per heavy atom. The van der Waals surface area contributed by atoms with Crippen molar-refractivity contribution in [3.05, 3.63) is 42.4 Å². The summed E-state index contributed by atoms with van der Waals surface area (Å²) >= 11 is 0. The van der Waals surface area contributed by atoms with Crippen molar-refractivity contribution in [3.8, 4) is 0 Å². The van der Waals surface area contributed by atoms with Crippen LogP contribution in [0.15, 0.2) is 30.3 Å². The molecule has 147 valence electrons. The van der Waals surface area contributed by atoms with Gasteiger partial charge in [0.1, 0.15) is 5.41 Å². The maximum absolute atomic E-state index is 12.9. The van der Waals surface area contributed by atoms with E-state index < -0.39 is 5.41 Å². The average molecular weight is 372 g/mol. The largest absolute Gasteiger partial charge is 0.370 e. The van der Waals surface area contributed by atoms with Gasteiger partial charge < -0.3 is 21.7 Å². The lowest BCUT2D eigenvalue weighted by molar-refractivity contribution is -0.145. The van der Waals surface area contributed by atoms with E-state index in [9.17, 15) is 9.59 Å². The SMILES string of the molecule is N=C(N)NCCC[CH]NC(=O)C1(C(=O)NCc2ccccc2)CCCCC1. The normalized spacial score (nSPS) is 15.6. The van der Waals surface area contributed by atoms with Crippen LogP contribution in [0.4, 0.5) is 0 Å². The second kappa shape index (κ2) is 10.5. The number of guanidine groups is 1. The van der Waals surface area contributed by atoms with Gasteiger partial charge in [-0.15, -0.1) is 0 Å². The molecule has 1 fully saturated rings. The van der Waals surface area contributed by atoms with Crippen molar-refractivity contribution >= 4 is 17.8 Å². The van der Waals surface area contributed by atoms with Gasteiger partial charge in [0.15, 0.2) is 5.96 Å². The number of carbonyl (C=O) groups excluding carboxylic acids is 2. The molecule has 1 aliphatic rings. The van der Waals surface area contributed by atoms with Crippen LogP contribution < -0.4 is 21.7 Å². The summed E-state index contributed by atoms with van der Waals surface area (Å²) < 4.78 is 0. The number of amides is 2. The molecule has 1 aromatic rings. The lowest BCUT2D eigenvalue weighted by Gasteiger charge is -2.34. The fourth-order valence-corrected chi connectivity index (χ4v) is 3.39. The Morgan fingerprint density at radius 1 is 1.07 bits per heavy atom. The number of unbranched alkanes of at least 4 members (excludes halogenated alkanes) is 1. The highest BCUT2D eigenvalue weighted by atomic mass is 16.2. The highest BCUT2D eigenvalue weighted by molar-refractivity contribution is 6.05. The molecule has 0 unspecified atom stereocenters. The van der Waals surface area contributed by atoms with Crippen LogP contribution >= 0.6 is 0 Å².